The second-order valence-corrected chi connectivity index (χ2v) is 6.90. The molecular formula is C13H18F3N3O2S. The Bertz CT molecular complexity index is 646. The lowest BCUT2D eigenvalue weighted by Crippen LogP contribution is -2.29. The number of hydrogen-bond acceptors (Lipinski definition) is 4. The first-order valence-electron chi connectivity index (χ1n) is 6.76. The fourth-order valence-corrected chi connectivity index (χ4v) is 3.23. The highest BCUT2D eigenvalue weighted by atomic mass is 32.2. The summed E-state index contributed by atoms with van der Waals surface area (Å²) in [6.07, 6.45) is -3.95. The smallest absolute Gasteiger partial charge is 0.370 e. The Morgan fingerprint density at radius 2 is 1.82 bits per heavy atom. The lowest BCUT2D eigenvalue weighted by molar-refractivity contribution is -0.139. The van der Waals surface area contributed by atoms with Crippen molar-refractivity contribution in [2.24, 2.45) is 5.14 Å². The largest absolute Gasteiger partial charge is 0.417 e. The molecule has 0 radical (unpaired) electrons. The minimum atomic E-state index is -4.78. The molecule has 0 aliphatic carbocycles. The van der Waals surface area contributed by atoms with Crippen molar-refractivity contribution in [1.82, 2.24) is 4.90 Å². The van der Waals surface area contributed by atoms with Gasteiger partial charge < -0.3 is 9.80 Å². The molecule has 1 heterocycles. The SMILES string of the molecule is CN1CCCN(c2ccc(S(N)(=O)=O)c(C(F)(F)F)c2)CC1. The third-order valence-corrected chi connectivity index (χ3v) is 4.63. The molecule has 1 aromatic carbocycles. The maximum absolute atomic E-state index is 13.1. The summed E-state index contributed by atoms with van der Waals surface area (Å²) in [7, 11) is -2.47. The van der Waals surface area contributed by atoms with Crippen LogP contribution in [-0.4, -0.2) is 46.5 Å². The summed E-state index contributed by atoms with van der Waals surface area (Å²) in [5.74, 6) is 0. The van der Waals surface area contributed by atoms with Gasteiger partial charge in [0.05, 0.1) is 10.5 Å². The van der Waals surface area contributed by atoms with Crippen LogP contribution in [0.15, 0.2) is 23.1 Å². The maximum Gasteiger partial charge on any atom is 0.417 e. The number of nitrogens with zero attached hydrogens (tertiary/aromatic N) is 2. The number of hydrogen-bond donors (Lipinski definition) is 1. The normalized spacial score (nSPS) is 18.3. The Morgan fingerprint density at radius 3 is 2.41 bits per heavy atom. The molecule has 0 bridgehead atoms. The molecule has 2 N–H and O–H groups in total. The number of primary sulfonamides is 1. The fourth-order valence-electron chi connectivity index (χ4n) is 2.49. The van der Waals surface area contributed by atoms with Gasteiger partial charge in [0.2, 0.25) is 10.0 Å². The number of halogens is 3. The van der Waals surface area contributed by atoms with Gasteiger partial charge in [0.15, 0.2) is 0 Å². The average Bonchev–Trinajstić information content (AvgIpc) is 2.61. The second-order valence-electron chi connectivity index (χ2n) is 5.37. The predicted octanol–water partition coefficient (Wildman–Crippen LogP) is 1.49. The molecule has 1 fully saturated rings. The maximum atomic E-state index is 13.1. The number of anilines is 1. The lowest BCUT2D eigenvalue weighted by Gasteiger charge is -2.24. The number of alkyl halides is 3. The molecule has 0 saturated carbocycles. The highest BCUT2D eigenvalue weighted by Gasteiger charge is 2.37. The van der Waals surface area contributed by atoms with Gasteiger partial charge in [-0.3, -0.25) is 0 Å². The van der Waals surface area contributed by atoms with Crippen LogP contribution in [0.3, 0.4) is 0 Å². The van der Waals surface area contributed by atoms with E-state index in [-0.39, 0.29) is 0 Å². The van der Waals surface area contributed by atoms with Gasteiger partial charge in [-0.2, -0.15) is 13.2 Å². The van der Waals surface area contributed by atoms with Gasteiger partial charge in [-0.05, 0) is 38.2 Å². The predicted molar refractivity (Wildman–Crippen MR) is 77.1 cm³/mol. The van der Waals surface area contributed by atoms with Crippen molar-refractivity contribution in [3.8, 4) is 0 Å². The van der Waals surface area contributed by atoms with E-state index in [2.05, 4.69) is 4.90 Å². The zero-order chi connectivity index (χ0) is 16.5. The van der Waals surface area contributed by atoms with E-state index >= 15 is 0 Å². The van der Waals surface area contributed by atoms with Crippen molar-refractivity contribution in [2.75, 3.05) is 38.1 Å². The lowest BCUT2D eigenvalue weighted by atomic mass is 10.1. The molecule has 0 aromatic heterocycles. The first-order valence-corrected chi connectivity index (χ1v) is 8.31. The van der Waals surface area contributed by atoms with Gasteiger partial charge in [0, 0.05) is 25.3 Å². The molecule has 9 heteroatoms. The van der Waals surface area contributed by atoms with Gasteiger partial charge in [-0.1, -0.05) is 0 Å². The summed E-state index contributed by atoms with van der Waals surface area (Å²) in [4.78, 5) is 3.03. The topological polar surface area (TPSA) is 66.6 Å². The molecule has 2 rings (SSSR count). The minimum absolute atomic E-state index is 0.357. The van der Waals surface area contributed by atoms with E-state index in [4.69, 9.17) is 5.14 Å². The molecule has 0 amide bonds. The van der Waals surface area contributed by atoms with Crippen molar-refractivity contribution in [3.63, 3.8) is 0 Å². The van der Waals surface area contributed by atoms with Crippen LogP contribution in [0.5, 0.6) is 0 Å². The minimum Gasteiger partial charge on any atom is -0.370 e. The van der Waals surface area contributed by atoms with E-state index in [0.29, 0.717) is 18.8 Å². The summed E-state index contributed by atoms with van der Waals surface area (Å²) in [6.45, 7) is 2.81. The Kier molecular flexibility index (Phi) is 4.69. The average molecular weight is 337 g/mol. The van der Waals surface area contributed by atoms with E-state index in [1.54, 1.807) is 0 Å². The molecule has 1 aliphatic rings. The van der Waals surface area contributed by atoms with Gasteiger partial charge in [-0.25, -0.2) is 13.6 Å². The fraction of sp³-hybridized carbons (Fsp3) is 0.538. The van der Waals surface area contributed by atoms with Crippen LogP contribution in [0.25, 0.3) is 0 Å². The van der Waals surface area contributed by atoms with E-state index < -0.39 is 26.7 Å². The summed E-state index contributed by atoms with van der Waals surface area (Å²) in [6, 6.07) is 3.17. The van der Waals surface area contributed by atoms with Crippen molar-refractivity contribution in [1.29, 1.82) is 0 Å². The molecule has 0 spiro atoms. The highest BCUT2D eigenvalue weighted by Crippen LogP contribution is 2.36. The number of sulfonamides is 1. The molecule has 5 nitrogen and oxygen atoms in total. The van der Waals surface area contributed by atoms with E-state index in [0.717, 1.165) is 31.6 Å². The molecule has 0 unspecified atom stereocenters. The highest BCUT2D eigenvalue weighted by molar-refractivity contribution is 7.89. The van der Waals surface area contributed by atoms with Gasteiger partial charge in [0.25, 0.3) is 0 Å². The molecular weight excluding hydrogens is 319 g/mol. The summed E-state index contributed by atoms with van der Waals surface area (Å²) in [5, 5.41) is 4.88. The first kappa shape index (κ1) is 17.0. The number of rotatable bonds is 2. The molecule has 1 aliphatic heterocycles. The number of likely N-dealkylation sites (N-methyl/N-ethyl adjacent to an activating group) is 1. The zero-order valence-corrected chi connectivity index (χ0v) is 12.9. The van der Waals surface area contributed by atoms with Crippen molar-refractivity contribution < 1.29 is 21.6 Å². The van der Waals surface area contributed by atoms with Crippen LogP contribution in [0.1, 0.15) is 12.0 Å². The quantitative estimate of drug-likeness (QED) is 0.888. The second kappa shape index (κ2) is 6.05. The first-order chi connectivity index (χ1) is 10.1. The molecule has 22 heavy (non-hydrogen) atoms. The van der Waals surface area contributed by atoms with Gasteiger partial charge in [-0.15, -0.1) is 0 Å². The number of nitrogens with two attached hydrogens (primary N) is 1. The molecule has 1 aromatic rings. The van der Waals surface area contributed by atoms with Crippen LogP contribution in [0.2, 0.25) is 0 Å². The van der Waals surface area contributed by atoms with Crippen molar-refractivity contribution in [3.05, 3.63) is 23.8 Å². The van der Waals surface area contributed by atoms with E-state index in [1.165, 1.54) is 6.07 Å². The zero-order valence-electron chi connectivity index (χ0n) is 12.1. The van der Waals surface area contributed by atoms with Gasteiger partial charge >= 0.3 is 6.18 Å². The van der Waals surface area contributed by atoms with Crippen molar-refractivity contribution in [2.45, 2.75) is 17.5 Å². The summed E-state index contributed by atoms with van der Waals surface area (Å²) >= 11 is 0. The molecule has 1 saturated heterocycles. The van der Waals surface area contributed by atoms with Crippen LogP contribution in [0, 0.1) is 0 Å². The Morgan fingerprint density at radius 1 is 1.14 bits per heavy atom. The van der Waals surface area contributed by atoms with Crippen LogP contribution >= 0.6 is 0 Å². The van der Waals surface area contributed by atoms with E-state index in [9.17, 15) is 21.6 Å². The van der Waals surface area contributed by atoms with Gasteiger partial charge in [0.1, 0.15) is 0 Å². The Balaban J connectivity index is 2.43. The summed E-state index contributed by atoms with van der Waals surface area (Å²) in [5.41, 5.74) is -0.861. The Labute approximate surface area is 127 Å². The Hall–Kier alpha value is -1.32. The summed E-state index contributed by atoms with van der Waals surface area (Å²) < 4.78 is 62.1. The third-order valence-electron chi connectivity index (χ3n) is 3.66. The standard InChI is InChI=1S/C13H18F3N3O2S/c1-18-5-2-6-19(8-7-18)10-3-4-12(22(17,20)21)11(9-10)13(14,15)16/h3-4,9H,2,5-8H2,1H3,(H2,17,20,21). The van der Waals surface area contributed by atoms with Crippen molar-refractivity contribution >= 4 is 15.7 Å². The van der Waals surface area contributed by atoms with Crippen LogP contribution in [0.4, 0.5) is 18.9 Å². The molecule has 0 atom stereocenters. The van der Waals surface area contributed by atoms with E-state index in [1.807, 2.05) is 11.9 Å². The monoisotopic (exact) mass is 337 g/mol. The molecule has 124 valence electrons. The van der Waals surface area contributed by atoms with Crippen LogP contribution in [-0.2, 0) is 16.2 Å². The van der Waals surface area contributed by atoms with Crippen LogP contribution < -0.4 is 10.0 Å². The number of benzene rings is 1. The third kappa shape index (κ3) is 3.90.